The quantitative estimate of drug-likeness (QED) is 0.465. The van der Waals surface area contributed by atoms with Gasteiger partial charge in [-0.15, -0.1) is 0 Å². The predicted octanol–water partition coefficient (Wildman–Crippen LogP) is 4.50. The normalized spacial score (nSPS) is 20.9. The van der Waals surface area contributed by atoms with Gasteiger partial charge in [0.25, 0.3) is 0 Å². The van der Waals surface area contributed by atoms with Crippen molar-refractivity contribution in [3.63, 3.8) is 0 Å². The summed E-state index contributed by atoms with van der Waals surface area (Å²) in [5.74, 6) is 2.09. The van der Waals surface area contributed by atoms with Crippen molar-refractivity contribution in [1.29, 1.82) is 0 Å². The van der Waals surface area contributed by atoms with E-state index in [1.807, 2.05) is 30.3 Å². The minimum Gasteiger partial charge on any atom is -0.366 e. The molecule has 3 aromatic rings. The third-order valence-electron chi connectivity index (χ3n) is 6.75. The van der Waals surface area contributed by atoms with E-state index in [1.165, 1.54) is 12.1 Å². The lowest BCUT2D eigenvalue weighted by molar-refractivity contribution is 0.254. The fourth-order valence-corrected chi connectivity index (χ4v) is 5.43. The number of fused-ring (bicyclic) bond motifs is 8. The lowest BCUT2D eigenvalue weighted by Crippen LogP contribution is -2.48. The van der Waals surface area contributed by atoms with Crippen molar-refractivity contribution in [3.8, 4) is 0 Å². The SMILES string of the molecule is Clc1ccc2c(n1)N[C@H]1CCN2C1.O=C(Nc1ccccn1)N1c2nc(Cl)ccc2N2CC[C@H]1C2. The molecule has 0 spiro atoms. The second-order valence-corrected chi connectivity index (χ2v) is 9.73. The maximum absolute atomic E-state index is 12.7. The first-order chi connectivity index (χ1) is 17.0. The molecule has 11 heteroatoms. The monoisotopic (exact) mass is 510 g/mol. The van der Waals surface area contributed by atoms with Crippen molar-refractivity contribution in [2.45, 2.75) is 24.9 Å². The molecule has 180 valence electrons. The fourth-order valence-electron chi connectivity index (χ4n) is 5.13. The van der Waals surface area contributed by atoms with Crippen LogP contribution < -0.4 is 25.3 Å². The molecule has 0 saturated carbocycles. The Kier molecular flexibility index (Phi) is 5.74. The van der Waals surface area contributed by atoms with Gasteiger partial charge in [-0.3, -0.25) is 10.2 Å². The van der Waals surface area contributed by atoms with Gasteiger partial charge in [0.05, 0.1) is 17.4 Å². The number of halogens is 2. The number of nitrogens with one attached hydrogen (secondary N) is 2. The summed E-state index contributed by atoms with van der Waals surface area (Å²) in [5.41, 5.74) is 2.15. The molecule has 9 nitrogen and oxygen atoms in total. The van der Waals surface area contributed by atoms with E-state index >= 15 is 0 Å². The summed E-state index contributed by atoms with van der Waals surface area (Å²) in [5, 5.41) is 7.17. The minimum atomic E-state index is -0.221. The molecule has 2 N–H and O–H groups in total. The van der Waals surface area contributed by atoms with Crippen molar-refractivity contribution < 1.29 is 4.79 Å². The number of hydrogen-bond donors (Lipinski definition) is 2. The van der Waals surface area contributed by atoms with Gasteiger partial charge in [0, 0.05) is 38.4 Å². The van der Waals surface area contributed by atoms with Crippen LogP contribution in [0.1, 0.15) is 12.8 Å². The fraction of sp³-hybridized carbons (Fsp3) is 0.333. The Bertz CT molecular complexity index is 1260. The lowest BCUT2D eigenvalue weighted by Gasteiger charge is -2.35. The van der Waals surface area contributed by atoms with Gasteiger partial charge in [0.15, 0.2) is 11.6 Å². The number of rotatable bonds is 1. The highest BCUT2D eigenvalue weighted by molar-refractivity contribution is 6.30. The number of amides is 2. The van der Waals surface area contributed by atoms with Crippen molar-refractivity contribution >= 4 is 58.1 Å². The van der Waals surface area contributed by atoms with Gasteiger partial charge in [-0.1, -0.05) is 29.3 Å². The first-order valence-electron chi connectivity index (χ1n) is 11.7. The number of hydrogen-bond acceptors (Lipinski definition) is 7. The number of pyridine rings is 3. The molecule has 0 aromatic carbocycles. The van der Waals surface area contributed by atoms with Crippen LogP contribution in [-0.2, 0) is 0 Å². The van der Waals surface area contributed by atoms with Gasteiger partial charge in [-0.25, -0.2) is 19.7 Å². The summed E-state index contributed by atoms with van der Waals surface area (Å²) in [6.45, 7) is 3.99. The van der Waals surface area contributed by atoms with E-state index in [0.717, 1.165) is 44.1 Å². The van der Waals surface area contributed by atoms with Crippen LogP contribution in [0.25, 0.3) is 0 Å². The van der Waals surface area contributed by atoms with Crippen molar-refractivity contribution in [1.82, 2.24) is 15.0 Å². The van der Waals surface area contributed by atoms with Gasteiger partial charge < -0.3 is 15.1 Å². The Labute approximate surface area is 213 Å². The summed E-state index contributed by atoms with van der Waals surface area (Å²) in [6.07, 6.45) is 3.77. The lowest BCUT2D eigenvalue weighted by atomic mass is 10.2. The Morgan fingerprint density at radius 3 is 2.54 bits per heavy atom. The average Bonchev–Trinajstić information content (AvgIpc) is 3.45. The van der Waals surface area contributed by atoms with Crippen LogP contribution in [0.4, 0.5) is 33.6 Å². The van der Waals surface area contributed by atoms with Crippen molar-refractivity contribution in [2.24, 2.45) is 0 Å². The molecule has 4 aliphatic heterocycles. The highest BCUT2D eigenvalue weighted by Crippen LogP contribution is 2.39. The van der Waals surface area contributed by atoms with Crippen LogP contribution >= 0.6 is 23.2 Å². The zero-order valence-electron chi connectivity index (χ0n) is 18.9. The summed E-state index contributed by atoms with van der Waals surface area (Å²) in [6, 6.07) is 13.4. The van der Waals surface area contributed by atoms with Gasteiger partial charge >= 0.3 is 6.03 Å². The molecule has 0 aliphatic carbocycles. The first-order valence-corrected chi connectivity index (χ1v) is 12.4. The third kappa shape index (κ3) is 4.30. The van der Waals surface area contributed by atoms with Gasteiger partial charge in [-0.05, 0) is 49.2 Å². The van der Waals surface area contributed by atoms with Gasteiger partial charge in [0.2, 0.25) is 0 Å². The average molecular weight is 511 g/mol. The Hall–Kier alpha value is -3.30. The molecule has 7 heterocycles. The van der Waals surface area contributed by atoms with Crippen molar-refractivity contribution in [3.05, 3.63) is 59.0 Å². The molecule has 2 saturated heterocycles. The number of urea groups is 1. The van der Waals surface area contributed by atoms with Crippen molar-refractivity contribution in [2.75, 3.05) is 51.5 Å². The van der Waals surface area contributed by atoms with Gasteiger partial charge in [0.1, 0.15) is 16.1 Å². The molecule has 3 aromatic heterocycles. The molecular formula is C24H24Cl2N8O. The first kappa shape index (κ1) is 22.2. The van der Waals surface area contributed by atoms with E-state index < -0.39 is 0 Å². The zero-order valence-corrected chi connectivity index (χ0v) is 20.4. The predicted molar refractivity (Wildman–Crippen MR) is 139 cm³/mol. The standard InChI is InChI=1S/C15H14ClN5O.C9H10ClN3/c16-12-5-4-11-14(18-12)21(10-6-8-20(11)9-10)15(22)19-13-3-1-2-7-17-13;10-8-2-1-7-9(12-8)11-6-3-4-13(7)5-6/h1-5,7,10H,6,8-9H2,(H,17,19,22);1-2,6H,3-5H2,(H,11,12)/t10-;6-/m00/s1. The second-order valence-electron chi connectivity index (χ2n) is 8.96. The third-order valence-corrected chi connectivity index (χ3v) is 7.17. The largest absolute Gasteiger partial charge is 0.366 e. The number of nitrogens with zero attached hydrogens (tertiary/aromatic N) is 6. The molecule has 0 radical (unpaired) electrons. The van der Waals surface area contributed by atoms with Crippen LogP contribution in [0.5, 0.6) is 0 Å². The van der Waals surface area contributed by atoms with Crippen LogP contribution in [0.15, 0.2) is 48.7 Å². The van der Waals surface area contributed by atoms with E-state index in [2.05, 4.69) is 35.4 Å². The smallest absolute Gasteiger partial charge is 0.329 e. The van der Waals surface area contributed by atoms with E-state index in [-0.39, 0.29) is 12.1 Å². The number of aromatic nitrogens is 3. The number of anilines is 5. The molecular weight excluding hydrogens is 487 g/mol. The van der Waals surface area contributed by atoms with E-state index in [4.69, 9.17) is 23.2 Å². The second kappa shape index (κ2) is 9.05. The molecule has 7 rings (SSSR count). The summed E-state index contributed by atoms with van der Waals surface area (Å²) in [7, 11) is 0. The van der Waals surface area contributed by atoms with E-state index in [9.17, 15) is 4.79 Å². The molecule has 4 bridgehead atoms. The Balaban J connectivity index is 0.000000149. The minimum absolute atomic E-state index is 0.113. The maximum Gasteiger partial charge on any atom is 0.329 e. The molecule has 35 heavy (non-hydrogen) atoms. The zero-order chi connectivity index (χ0) is 23.9. The maximum atomic E-state index is 12.7. The van der Waals surface area contributed by atoms with E-state index in [0.29, 0.717) is 28.0 Å². The number of carbonyl (C=O) groups is 1. The highest BCUT2D eigenvalue weighted by atomic mass is 35.5. The van der Waals surface area contributed by atoms with Crippen LogP contribution in [0, 0.1) is 0 Å². The van der Waals surface area contributed by atoms with E-state index in [1.54, 1.807) is 23.2 Å². The Morgan fingerprint density at radius 1 is 0.943 bits per heavy atom. The van der Waals surface area contributed by atoms with Crippen LogP contribution in [-0.4, -0.2) is 59.2 Å². The summed E-state index contributed by atoms with van der Waals surface area (Å²) < 4.78 is 0. The Morgan fingerprint density at radius 2 is 1.71 bits per heavy atom. The molecule has 2 amide bonds. The molecule has 2 atom stereocenters. The van der Waals surface area contributed by atoms with Gasteiger partial charge in [-0.2, -0.15) is 0 Å². The van der Waals surface area contributed by atoms with Crippen LogP contribution in [0.3, 0.4) is 0 Å². The topological polar surface area (TPSA) is 89.5 Å². The van der Waals surface area contributed by atoms with Crippen LogP contribution in [0.2, 0.25) is 10.3 Å². The molecule has 4 aliphatic rings. The summed E-state index contributed by atoms with van der Waals surface area (Å²) >= 11 is 11.8. The molecule has 0 unspecified atom stereocenters. The number of carbonyl (C=O) groups excluding carboxylic acids is 1. The summed E-state index contributed by atoms with van der Waals surface area (Å²) in [4.78, 5) is 31.8. The molecule has 2 fully saturated rings. The highest BCUT2D eigenvalue weighted by Gasteiger charge is 2.40.